The van der Waals surface area contributed by atoms with Crippen molar-refractivity contribution in [3.05, 3.63) is 47.5 Å². The smallest absolute Gasteiger partial charge is 0.337 e. The normalized spacial score (nSPS) is 10.2. The molecule has 17 heavy (non-hydrogen) atoms. The number of carbonyl (C=O) groups excluding carboxylic acids is 2. The van der Waals surface area contributed by atoms with Crippen LogP contribution in [0.15, 0.2) is 36.4 Å². The number of ether oxygens (including phenoxy) is 1. The molecule has 0 bridgehead atoms. The second-order valence-corrected chi connectivity index (χ2v) is 3.85. The molecule has 2 rings (SSSR count). The Labute approximate surface area is 103 Å². The largest absolute Gasteiger partial charge is 0.465 e. The second kappa shape index (κ2) is 4.55. The summed E-state index contributed by atoms with van der Waals surface area (Å²) in [6.45, 7) is 0. The number of esters is 1. The van der Waals surface area contributed by atoms with Crippen LogP contribution in [-0.2, 0) is 4.74 Å². The van der Waals surface area contributed by atoms with Crippen molar-refractivity contribution in [3.63, 3.8) is 0 Å². The molecule has 4 heteroatoms. The summed E-state index contributed by atoms with van der Waals surface area (Å²) in [5.41, 5.74) is 0.875. The Morgan fingerprint density at radius 2 is 1.94 bits per heavy atom. The number of rotatable bonds is 2. The van der Waals surface area contributed by atoms with Gasteiger partial charge in [-0.15, -0.1) is 0 Å². The molecule has 0 atom stereocenters. The van der Waals surface area contributed by atoms with Gasteiger partial charge < -0.3 is 4.74 Å². The van der Waals surface area contributed by atoms with Gasteiger partial charge in [-0.3, -0.25) is 4.79 Å². The highest BCUT2D eigenvalue weighted by Gasteiger charge is 2.10. The van der Waals surface area contributed by atoms with Gasteiger partial charge in [-0.1, -0.05) is 18.2 Å². The van der Waals surface area contributed by atoms with E-state index in [1.165, 1.54) is 7.11 Å². The lowest BCUT2D eigenvalue weighted by Crippen LogP contribution is -2.01. The minimum Gasteiger partial charge on any atom is -0.465 e. The maximum absolute atomic E-state index is 11.4. The molecule has 3 nitrogen and oxygen atoms in total. The van der Waals surface area contributed by atoms with Crippen LogP contribution in [-0.4, -0.2) is 18.3 Å². The minimum atomic E-state index is -0.513. The molecule has 2 aromatic rings. The zero-order valence-electron chi connectivity index (χ0n) is 9.07. The molecule has 0 aliphatic rings. The number of methoxy groups -OCH3 is 1. The summed E-state index contributed by atoms with van der Waals surface area (Å²) in [6.07, 6.45) is 0. The lowest BCUT2D eigenvalue weighted by Gasteiger charge is -2.04. The first-order chi connectivity index (χ1) is 8.13. The average Bonchev–Trinajstić information content (AvgIpc) is 2.36. The molecule has 0 saturated heterocycles. The van der Waals surface area contributed by atoms with Gasteiger partial charge in [0.05, 0.1) is 12.7 Å². The van der Waals surface area contributed by atoms with Crippen molar-refractivity contribution < 1.29 is 14.3 Å². The van der Waals surface area contributed by atoms with E-state index in [2.05, 4.69) is 4.74 Å². The number of fused-ring (bicyclic) bond motifs is 1. The molecule has 2 aromatic carbocycles. The van der Waals surface area contributed by atoms with Crippen LogP contribution in [0.25, 0.3) is 10.8 Å². The van der Waals surface area contributed by atoms with E-state index in [1.807, 2.05) is 6.07 Å². The quantitative estimate of drug-likeness (QED) is 0.606. The van der Waals surface area contributed by atoms with Crippen molar-refractivity contribution in [3.8, 4) is 0 Å². The summed E-state index contributed by atoms with van der Waals surface area (Å²) in [5, 5.41) is 0.987. The molecule has 0 spiro atoms. The van der Waals surface area contributed by atoms with Crippen LogP contribution < -0.4 is 0 Å². The van der Waals surface area contributed by atoms with E-state index in [4.69, 9.17) is 11.6 Å². The maximum Gasteiger partial charge on any atom is 0.337 e. The molecule has 0 radical (unpaired) electrons. The molecular weight excluding hydrogens is 240 g/mol. The maximum atomic E-state index is 11.4. The Balaban J connectivity index is 2.65. The first-order valence-corrected chi connectivity index (χ1v) is 5.32. The number of hydrogen-bond donors (Lipinski definition) is 0. The predicted molar refractivity (Wildman–Crippen MR) is 65.5 cm³/mol. The summed E-state index contributed by atoms with van der Waals surface area (Å²) in [4.78, 5) is 22.6. The number of hydrogen-bond acceptors (Lipinski definition) is 3. The van der Waals surface area contributed by atoms with Crippen LogP contribution >= 0.6 is 11.6 Å². The van der Waals surface area contributed by atoms with Gasteiger partial charge in [-0.05, 0) is 40.6 Å². The highest BCUT2D eigenvalue weighted by molar-refractivity contribution is 6.68. The topological polar surface area (TPSA) is 43.4 Å². The van der Waals surface area contributed by atoms with Crippen molar-refractivity contribution in [2.75, 3.05) is 7.11 Å². The van der Waals surface area contributed by atoms with Crippen LogP contribution in [0.1, 0.15) is 20.7 Å². The molecule has 0 aliphatic heterocycles. The molecule has 0 unspecified atom stereocenters. The second-order valence-electron chi connectivity index (χ2n) is 3.51. The van der Waals surface area contributed by atoms with Crippen LogP contribution in [0.2, 0.25) is 0 Å². The summed E-state index contributed by atoms with van der Waals surface area (Å²) >= 11 is 5.48. The van der Waals surface area contributed by atoms with Crippen molar-refractivity contribution in [1.29, 1.82) is 0 Å². The third kappa shape index (κ3) is 2.15. The molecule has 0 amide bonds. The Kier molecular flexibility index (Phi) is 3.11. The lowest BCUT2D eigenvalue weighted by atomic mass is 10.0. The fraction of sp³-hybridized carbons (Fsp3) is 0.0769. The molecule has 0 fully saturated rings. The standard InChI is InChI=1S/C13H9ClO3/c1-17-13(16)9-5-6-10-8(7-9)3-2-4-11(10)12(14)15/h2-7H,1H3. The molecule has 0 N–H and O–H groups in total. The molecular formula is C13H9ClO3. The van der Waals surface area contributed by atoms with Gasteiger partial charge in [0.2, 0.25) is 0 Å². The van der Waals surface area contributed by atoms with Gasteiger partial charge in [-0.25, -0.2) is 4.79 Å². The Morgan fingerprint density at radius 1 is 1.18 bits per heavy atom. The summed E-state index contributed by atoms with van der Waals surface area (Å²) in [6, 6.07) is 10.2. The fourth-order valence-electron chi connectivity index (χ4n) is 1.70. The van der Waals surface area contributed by atoms with E-state index >= 15 is 0 Å². The SMILES string of the molecule is COC(=O)c1ccc2c(C(=O)Cl)cccc2c1. The molecule has 0 saturated carbocycles. The highest BCUT2D eigenvalue weighted by atomic mass is 35.5. The number of carbonyl (C=O) groups is 2. The zero-order chi connectivity index (χ0) is 12.4. The van der Waals surface area contributed by atoms with Crippen LogP contribution in [0.3, 0.4) is 0 Å². The van der Waals surface area contributed by atoms with E-state index in [1.54, 1.807) is 30.3 Å². The first kappa shape index (κ1) is 11.6. The molecule has 86 valence electrons. The summed E-state index contributed by atoms with van der Waals surface area (Å²) in [7, 11) is 1.32. The van der Waals surface area contributed by atoms with E-state index in [0.717, 1.165) is 10.8 Å². The van der Waals surface area contributed by atoms with Crippen LogP contribution in [0.4, 0.5) is 0 Å². The monoisotopic (exact) mass is 248 g/mol. The minimum absolute atomic E-state index is 0.408. The first-order valence-electron chi connectivity index (χ1n) is 4.94. The van der Waals surface area contributed by atoms with E-state index < -0.39 is 11.2 Å². The Bertz CT molecular complexity index is 605. The van der Waals surface area contributed by atoms with Crippen molar-refractivity contribution in [2.45, 2.75) is 0 Å². The molecule has 0 aliphatic carbocycles. The van der Waals surface area contributed by atoms with Gasteiger partial charge in [0.1, 0.15) is 0 Å². The van der Waals surface area contributed by atoms with Crippen LogP contribution in [0.5, 0.6) is 0 Å². The predicted octanol–water partition coefficient (Wildman–Crippen LogP) is 3.01. The lowest BCUT2D eigenvalue weighted by molar-refractivity contribution is 0.0601. The average molecular weight is 249 g/mol. The van der Waals surface area contributed by atoms with Gasteiger partial charge in [-0.2, -0.15) is 0 Å². The third-order valence-electron chi connectivity index (χ3n) is 2.51. The molecule has 0 heterocycles. The Morgan fingerprint density at radius 3 is 2.59 bits per heavy atom. The van der Waals surface area contributed by atoms with E-state index in [9.17, 15) is 9.59 Å². The third-order valence-corrected chi connectivity index (χ3v) is 2.72. The van der Waals surface area contributed by atoms with Gasteiger partial charge in [0.15, 0.2) is 0 Å². The number of benzene rings is 2. The van der Waals surface area contributed by atoms with Gasteiger partial charge in [0.25, 0.3) is 5.24 Å². The van der Waals surface area contributed by atoms with E-state index in [-0.39, 0.29) is 0 Å². The Hall–Kier alpha value is -1.87. The van der Waals surface area contributed by atoms with Crippen molar-refractivity contribution in [2.24, 2.45) is 0 Å². The van der Waals surface area contributed by atoms with Gasteiger partial charge >= 0.3 is 5.97 Å². The van der Waals surface area contributed by atoms with Crippen molar-refractivity contribution >= 4 is 33.6 Å². The van der Waals surface area contributed by atoms with Gasteiger partial charge in [0, 0.05) is 5.56 Å². The molecule has 0 aromatic heterocycles. The van der Waals surface area contributed by atoms with Crippen LogP contribution in [0, 0.1) is 0 Å². The summed E-state index contributed by atoms with van der Waals surface area (Å²) in [5.74, 6) is -0.408. The number of halogens is 1. The fourth-order valence-corrected chi connectivity index (χ4v) is 1.86. The van der Waals surface area contributed by atoms with Crippen molar-refractivity contribution in [1.82, 2.24) is 0 Å². The summed E-state index contributed by atoms with van der Waals surface area (Å²) < 4.78 is 4.63. The highest BCUT2D eigenvalue weighted by Crippen LogP contribution is 2.22. The zero-order valence-corrected chi connectivity index (χ0v) is 9.82. The van der Waals surface area contributed by atoms with E-state index in [0.29, 0.717) is 11.1 Å².